The third-order valence-electron chi connectivity index (χ3n) is 2.86. The van der Waals surface area contributed by atoms with Gasteiger partial charge in [0.1, 0.15) is 6.54 Å². The van der Waals surface area contributed by atoms with E-state index in [1.54, 1.807) is 14.1 Å². The van der Waals surface area contributed by atoms with Crippen molar-refractivity contribution in [2.24, 2.45) is 0 Å². The second-order valence-corrected chi connectivity index (χ2v) is 4.30. The summed E-state index contributed by atoms with van der Waals surface area (Å²) in [6.45, 7) is 3.95. The number of rotatable bonds is 7. The molecule has 0 aromatic carbocycles. The number of halogens is 1. The molecule has 1 aliphatic heterocycles. The number of carbonyl (C=O) groups is 4. The summed E-state index contributed by atoms with van der Waals surface area (Å²) < 4.78 is 0. The second kappa shape index (κ2) is 8.38. The van der Waals surface area contributed by atoms with E-state index in [4.69, 9.17) is 0 Å². The van der Waals surface area contributed by atoms with Gasteiger partial charge < -0.3 is 10.2 Å². The van der Waals surface area contributed by atoms with Gasteiger partial charge in [-0.1, -0.05) is 6.08 Å². The fourth-order valence-electron chi connectivity index (χ4n) is 1.64. The van der Waals surface area contributed by atoms with Crippen LogP contribution < -0.4 is 5.32 Å². The molecule has 0 aromatic rings. The zero-order valence-electron chi connectivity index (χ0n) is 12.0. The fraction of sp³-hybridized carbons (Fsp3) is 0.500. The van der Waals surface area contributed by atoms with E-state index in [1.807, 2.05) is 0 Å². The highest BCUT2D eigenvalue weighted by atomic mass is 35.5. The summed E-state index contributed by atoms with van der Waals surface area (Å²) >= 11 is 0. The number of hydrogen-bond donors (Lipinski definition) is 1. The maximum Gasteiger partial charge on any atom is 0.335 e. The van der Waals surface area contributed by atoms with Crippen molar-refractivity contribution in [2.75, 3.05) is 40.3 Å². The number of imide groups is 2. The Labute approximate surface area is 129 Å². The van der Waals surface area contributed by atoms with E-state index in [2.05, 4.69) is 11.9 Å². The SMILES string of the molecule is C=CCN1C(=O)C(=O)N(CC(=O)N(C)CCNC)C1=O.Cl. The van der Waals surface area contributed by atoms with Crippen molar-refractivity contribution in [2.45, 2.75) is 0 Å². The Bertz CT molecular complexity index is 455. The van der Waals surface area contributed by atoms with Crippen LogP contribution >= 0.6 is 12.4 Å². The Balaban J connectivity index is 0.00000400. The van der Waals surface area contributed by atoms with Crippen molar-refractivity contribution in [1.29, 1.82) is 0 Å². The Morgan fingerprint density at radius 3 is 2.38 bits per heavy atom. The number of hydrogen-bond acceptors (Lipinski definition) is 5. The first-order valence-corrected chi connectivity index (χ1v) is 6.10. The molecule has 0 saturated carbocycles. The molecular formula is C12H19ClN4O4. The van der Waals surface area contributed by atoms with Crippen LogP contribution in [0.15, 0.2) is 12.7 Å². The minimum Gasteiger partial charge on any atom is -0.343 e. The van der Waals surface area contributed by atoms with Crippen molar-refractivity contribution in [3.05, 3.63) is 12.7 Å². The fourth-order valence-corrected chi connectivity index (χ4v) is 1.64. The van der Waals surface area contributed by atoms with Crippen LogP contribution in [0.5, 0.6) is 0 Å². The molecule has 1 N–H and O–H groups in total. The van der Waals surface area contributed by atoms with E-state index in [9.17, 15) is 19.2 Å². The van der Waals surface area contributed by atoms with Gasteiger partial charge >= 0.3 is 17.8 Å². The first-order valence-electron chi connectivity index (χ1n) is 6.10. The van der Waals surface area contributed by atoms with Crippen molar-refractivity contribution in [3.63, 3.8) is 0 Å². The zero-order valence-corrected chi connectivity index (χ0v) is 12.8. The summed E-state index contributed by atoms with van der Waals surface area (Å²) in [7, 11) is 3.31. The maximum absolute atomic E-state index is 11.9. The molecule has 1 fully saturated rings. The second-order valence-electron chi connectivity index (χ2n) is 4.30. The molecule has 118 valence electrons. The van der Waals surface area contributed by atoms with Gasteiger partial charge in [-0.3, -0.25) is 19.3 Å². The van der Waals surface area contributed by atoms with Crippen LogP contribution in [0.25, 0.3) is 0 Å². The molecule has 21 heavy (non-hydrogen) atoms. The van der Waals surface area contributed by atoms with Crippen LogP contribution in [0.1, 0.15) is 0 Å². The molecule has 8 nitrogen and oxygen atoms in total. The summed E-state index contributed by atoms with van der Waals surface area (Å²) in [5.41, 5.74) is 0. The lowest BCUT2D eigenvalue weighted by Gasteiger charge is -2.20. The largest absolute Gasteiger partial charge is 0.343 e. The lowest BCUT2D eigenvalue weighted by Crippen LogP contribution is -2.43. The van der Waals surface area contributed by atoms with Gasteiger partial charge in [0.15, 0.2) is 0 Å². The molecule has 1 aliphatic rings. The van der Waals surface area contributed by atoms with Crippen LogP contribution in [0.4, 0.5) is 4.79 Å². The number of nitrogens with zero attached hydrogens (tertiary/aromatic N) is 3. The van der Waals surface area contributed by atoms with E-state index in [0.717, 1.165) is 4.90 Å². The van der Waals surface area contributed by atoms with Gasteiger partial charge in [-0.25, -0.2) is 9.69 Å². The minimum atomic E-state index is -0.979. The van der Waals surface area contributed by atoms with Gasteiger partial charge in [0.25, 0.3) is 0 Å². The molecular weight excluding hydrogens is 300 g/mol. The number of likely N-dealkylation sites (N-methyl/N-ethyl adjacent to an activating group) is 2. The Morgan fingerprint density at radius 1 is 1.29 bits per heavy atom. The minimum absolute atomic E-state index is 0. The standard InChI is InChI=1S/C12H18N4O4.ClH/c1-4-6-15-10(18)11(19)16(12(15)20)8-9(17)14(3)7-5-13-2;/h4,13H,1,5-8H2,2-3H3;1H. The molecule has 1 rings (SSSR count). The highest BCUT2D eigenvalue weighted by Crippen LogP contribution is 2.11. The zero-order chi connectivity index (χ0) is 15.3. The van der Waals surface area contributed by atoms with Crippen LogP contribution in [0.3, 0.4) is 0 Å². The Kier molecular flexibility index (Phi) is 7.61. The quantitative estimate of drug-likeness (QED) is 0.372. The van der Waals surface area contributed by atoms with E-state index in [1.165, 1.54) is 11.0 Å². The van der Waals surface area contributed by atoms with Crippen LogP contribution in [0.2, 0.25) is 0 Å². The van der Waals surface area contributed by atoms with Gasteiger partial charge in [-0.05, 0) is 7.05 Å². The molecule has 0 atom stereocenters. The lowest BCUT2D eigenvalue weighted by atomic mass is 10.4. The first-order chi connectivity index (χ1) is 9.43. The molecule has 9 heteroatoms. The molecule has 0 aliphatic carbocycles. The predicted octanol–water partition coefficient (Wildman–Crippen LogP) is -0.937. The normalized spacial score (nSPS) is 14.3. The first kappa shape index (κ1) is 19.1. The van der Waals surface area contributed by atoms with E-state index < -0.39 is 30.3 Å². The number of nitrogens with one attached hydrogen (secondary N) is 1. The van der Waals surface area contributed by atoms with Crippen molar-refractivity contribution in [1.82, 2.24) is 20.0 Å². The van der Waals surface area contributed by atoms with Crippen molar-refractivity contribution in [3.8, 4) is 0 Å². The van der Waals surface area contributed by atoms with Crippen LogP contribution in [0, 0.1) is 0 Å². The molecule has 0 spiro atoms. The number of urea groups is 1. The topological polar surface area (TPSA) is 90.0 Å². The lowest BCUT2D eigenvalue weighted by molar-refractivity contribution is -0.144. The van der Waals surface area contributed by atoms with Gasteiger partial charge in [-0.2, -0.15) is 0 Å². The third-order valence-corrected chi connectivity index (χ3v) is 2.86. The molecule has 0 radical (unpaired) electrons. The summed E-state index contributed by atoms with van der Waals surface area (Å²) in [5, 5.41) is 2.88. The van der Waals surface area contributed by atoms with Crippen molar-refractivity contribution < 1.29 is 19.2 Å². The summed E-state index contributed by atoms with van der Waals surface area (Å²) in [6, 6.07) is -0.782. The van der Waals surface area contributed by atoms with Gasteiger partial charge in [-0.15, -0.1) is 19.0 Å². The smallest absolute Gasteiger partial charge is 0.335 e. The van der Waals surface area contributed by atoms with E-state index in [0.29, 0.717) is 18.0 Å². The Hall–Kier alpha value is -1.93. The highest BCUT2D eigenvalue weighted by Gasteiger charge is 2.44. The van der Waals surface area contributed by atoms with Gasteiger partial charge in [0.2, 0.25) is 5.91 Å². The molecule has 0 aromatic heterocycles. The molecule has 5 amide bonds. The maximum atomic E-state index is 11.9. The highest BCUT2D eigenvalue weighted by molar-refractivity contribution is 6.45. The third kappa shape index (κ3) is 4.27. The Morgan fingerprint density at radius 2 is 1.86 bits per heavy atom. The molecule has 0 bridgehead atoms. The number of amides is 5. The predicted molar refractivity (Wildman–Crippen MR) is 77.8 cm³/mol. The average molecular weight is 319 g/mol. The average Bonchev–Trinajstić information content (AvgIpc) is 2.62. The summed E-state index contributed by atoms with van der Waals surface area (Å²) in [5.74, 6) is -2.32. The van der Waals surface area contributed by atoms with E-state index in [-0.39, 0.29) is 19.0 Å². The van der Waals surface area contributed by atoms with E-state index >= 15 is 0 Å². The monoisotopic (exact) mass is 318 g/mol. The van der Waals surface area contributed by atoms with Crippen molar-refractivity contribution >= 4 is 36.2 Å². The summed E-state index contributed by atoms with van der Waals surface area (Å²) in [6.07, 6.45) is 1.34. The van der Waals surface area contributed by atoms with Crippen LogP contribution in [-0.2, 0) is 14.4 Å². The van der Waals surface area contributed by atoms with Crippen LogP contribution in [-0.4, -0.2) is 78.7 Å². The van der Waals surface area contributed by atoms with Gasteiger partial charge in [0.05, 0.1) is 0 Å². The molecule has 1 saturated heterocycles. The number of carbonyl (C=O) groups excluding carboxylic acids is 4. The molecule has 0 unspecified atom stereocenters. The molecule has 1 heterocycles. The van der Waals surface area contributed by atoms with Gasteiger partial charge in [0, 0.05) is 26.7 Å². The summed E-state index contributed by atoms with van der Waals surface area (Å²) in [4.78, 5) is 49.8.